The van der Waals surface area contributed by atoms with Crippen molar-refractivity contribution < 1.29 is 4.79 Å². The Bertz CT molecular complexity index is 227. The van der Waals surface area contributed by atoms with Gasteiger partial charge < -0.3 is 0 Å². The second-order valence-electron chi connectivity index (χ2n) is 3.70. The number of ketones is 1. The number of carbonyl (C=O) groups is 1. The molecule has 0 aliphatic rings. The molecule has 0 radical (unpaired) electrons. The second-order valence-corrected chi connectivity index (χ2v) is 3.70. The van der Waals surface area contributed by atoms with E-state index in [0.717, 1.165) is 6.42 Å². The van der Waals surface area contributed by atoms with Crippen LogP contribution in [0.2, 0.25) is 0 Å². The van der Waals surface area contributed by atoms with Crippen molar-refractivity contribution in [2.75, 3.05) is 0 Å². The minimum Gasteiger partial charge on any atom is -0.299 e. The highest BCUT2D eigenvalue weighted by Gasteiger charge is 2.19. The standard InChI is InChI=1S/C11H18O/c1-6-9(2)7-8-11(4,5)10(3)12/h8H,6H2,1-5H3. The predicted molar refractivity (Wildman–Crippen MR) is 52.0 cm³/mol. The van der Waals surface area contributed by atoms with Crippen molar-refractivity contribution >= 4 is 5.78 Å². The van der Waals surface area contributed by atoms with Crippen LogP contribution in [0.15, 0.2) is 17.4 Å². The SMILES string of the molecule is CCC(C)=C=CC(C)(C)C(C)=O. The lowest BCUT2D eigenvalue weighted by Gasteiger charge is -2.13. The van der Waals surface area contributed by atoms with Crippen molar-refractivity contribution in [3.8, 4) is 0 Å². The van der Waals surface area contributed by atoms with Crippen molar-refractivity contribution in [1.82, 2.24) is 0 Å². The molecule has 0 spiro atoms. The Morgan fingerprint density at radius 2 is 1.92 bits per heavy atom. The lowest BCUT2D eigenvalue weighted by atomic mass is 9.89. The molecule has 0 unspecified atom stereocenters. The molecule has 0 saturated heterocycles. The number of carbonyl (C=O) groups excluding carboxylic acids is 1. The molecule has 0 aromatic carbocycles. The molecule has 68 valence electrons. The number of allylic oxidation sites excluding steroid dienone is 1. The molecule has 0 heterocycles. The number of hydrogen-bond acceptors (Lipinski definition) is 1. The monoisotopic (exact) mass is 166 g/mol. The Morgan fingerprint density at radius 1 is 1.42 bits per heavy atom. The lowest BCUT2D eigenvalue weighted by Crippen LogP contribution is -2.17. The van der Waals surface area contributed by atoms with Gasteiger partial charge in [0.1, 0.15) is 5.78 Å². The van der Waals surface area contributed by atoms with Crippen LogP contribution in [0.1, 0.15) is 41.0 Å². The summed E-state index contributed by atoms with van der Waals surface area (Å²) in [6.07, 6.45) is 2.85. The Hall–Kier alpha value is -0.810. The van der Waals surface area contributed by atoms with Crippen LogP contribution in [-0.2, 0) is 4.79 Å². The first-order chi connectivity index (χ1) is 5.40. The van der Waals surface area contributed by atoms with Crippen molar-refractivity contribution in [2.45, 2.75) is 41.0 Å². The molecule has 0 bridgehead atoms. The number of hydrogen-bond donors (Lipinski definition) is 0. The molecule has 0 atom stereocenters. The van der Waals surface area contributed by atoms with Crippen molar-refractivity contribution in [3.63, 3.8) is 0 Å². The molecular weight excluding hydrogens is 148 g/mol. The summed E-state index contributed by atoms with van der Waals surface area (Å²) in [7, 11) is 0. The van der Waals surface area contributed by atoms with Gasteiger partial charge in [-0.3, -0.25) is 4.79 Å². The third-order valence-electron chi connectivity index (χ3n) is 2.12. The zero-order valence-corrected chi connectivity index (χ0v) is 8.69. The summed E-state index contributed by atoms with van der Waals surface area (Å²) in [4.78, 5) is 11.1. The first-order valence-electron chi connectivity index (χ1n) is 4.34. The highest BCUT2D eigenvalue weighted by molar-refractivity contribution is 5.83. The van der Waals surface area contributed by atoms with Crippen LogP contribution in [0, 0.1) is 5.41 Å². The van der Waals surface area contributed by atoms with E-state index in [0.29, 0.717) is 0 Å². The van der Waals surface area contributed by atoms with Gasteiger partial charge in [-0.25, -0.2) is 0 Å². The summed E-state index contributed by atoms with van der Waals surface area (Å²) in [5.74, 6) is 0.180. The minimum absolute atomic E-state index is 0.180. The maximum absolute atomic E-state index is 11.1. The molecule has 0 aromatic heterocycles. The Balaban J connectivity index is 4.64. The summed E-state index contributed by atoms with van der Waals surface area (Å²) in [6, 6.07) is 0. The Labute approximate surface area is 75.2 Å². The Morgan fingerprint density at radius 3 is 2.25 bits per heavy atom. The summed E-state index contributed by atoms with van der Waals surface area (Å²) in [5.41, 5.74) is 3.94. The van der Waals surface area contributed by atoms with Gasteiger partial charge in [0.25, 0.3) is 0 Å². The van der Waals surface area contributed by atoms with Crippen molar-refractivity contribution in [1.29, 1.82) is 0 Å². The van der Waals surface area contributed by atoms with Gasteiger partial charge in [0.2, 0.25) is 0 Å². The van der Waals surface area contributed by atoms with Crippen LogP contribution < -0.4 is 0 Å². The van der Waals surface area contributed by atoms with Crippen LogP contribution in [0.3, 0.4) is 0 Å². The fourth-order valence-corrected chi connectivity index (χ4v) is 0.507. The van der Waals surface area contributed by atoms with Gasteiger partial charge >= 0.3 is 0 Å². The van der Waals surface area contributed by atoms with E-state index in [1.54, 1.807) is 6.92 Å². The smallest absolute Gasteiger partial charge is 0.139 e. The maximum atomic E-state index is 11.1. The van der Waals surface area contributed by atoms with Gasteiger partial charge in [-0.15, -0.1) is 5.73 Å². The third-order valence-corrected chi connectivity index (χ3v) is 2.12. The highest BCUT2D eigenvalue weighted by atomic mass is 16.1. The van der Waals surface area contributed by atoms with Gasteiger partial charge in [-0.1, -0.05) is 6.92 Å². The fraction of sp³-hybridized carbons (Fsp3) is 0.636. The average molecular weight is 166 g/mol. The van der Waals surface area contributed by atoms with Crippen molar-refractivity contribution in [2.24, 2.45) is 5.41 Å². The summed E-state index contributed by atoms with van der Waals surface area (Å²) in [5, 5.41) is 0. The zero-order chi connectivity index (χ0) is 9.78. The number of Topliss-reactive ketones (excluding diaryl/α,β-unsaturated/α-hetero) is 1. The van der Waals surface area contributed by atoms with E-state index in [1.165, 1.54) is 5.57 Å². The molecular formula is C11H18O. The molecule has 12 heavy (non-hydrogen) atoms. The van der Waals surface area contributed by atoms with E-state index in [1.807, 2.05) is 26.8 Å². The molecule has 0 N–H and O–H groups in total. The van der Waals surface area contributed by atoms with E-state index >= 15 is 0 Å². The predicted octanol–water partition coefficient (Wildman–Crippen LogP) is 3.11. The van der Waals surface area contributed by atoms with E-state index in [9.17, 15) is 4.79 Å². The fourth-order valence-electron chi connectivity index (χ4n) is 0.507. The van der Waals surface area contributed by atoms with E-state index in [-0.39, 0.29) is 11.2 Å². The zero-order valence-electron chi connectivity index (χ0n) is 8.69. The quantitative estimate of drug-likeness (QED) is 0.589. The largest absolute Gasteiger partial charge is 0.299 e. The van der Waals surface area contributed by atoms with Crippen molar-refractivity contribution in [3.05, 3.63) is 17.4 Å². The van der Waals surface area contributed by atoms with Crippen LogP contribution in [0.4, 0.5) is 0 Å². The Kier molecular flexibility index (Phi) is 3.99. The summed E-state index contributed by atoms with van der Waals surface area (Å²) in [6.45, 7) is 9.53. The molecule has 0 aliphatic heterocycles. The normalized spacial score (nSPS) is 10.4. The number of rotatable bonds is 3. The van der Waals surface area contributed by atoms with Gasteiger partial charge in [0.15, 0.2) is 0 Å². The molecule has 0 aliphatic carbocycles. The molecule has 0 saturated carbocycles. The molecule has 0 aromatic rings. The van der Waals surface area contributed by atoms with Gasteiger partial charge in [-0.2, -0.15) is 0 Å². The van der Waals surface area contributed by atoms with Gasteiger partial charge in [0, 0.05) is 5.41 Å². The highest BCUT2D eigenvalue weighted by Crippen LogP contribution is 2.17. The topological polar surface area (TPSA) is 17.1 Å². The molecule has 1 nitrogen and oxygen atoms in total. The second kappa shape index (κ2) is 4.27. The first-order valence-corrected chi connectivity index (χ1v) is 4.34. The summed E-state index contributed by atoms with van der Waals surface area (Å²) < 4.78 is 0. The van der Waals surface area contributed by atoms with Gasteiger partial charge in [0.05, 0.1) is 0 Å². The van der Waals surface area contributed by atoms with Gasteiger partial charge in [-0.05, 0) is 45.8 Å². The molecule has 0 rings (SSSR count). The molecule has 0 fully saturated rings. The van der Waals surface area contributed by atoms with Crippen LogP contribution in [-0.4, -0.2) is 5.78 Å². The molecule has 0 amide bonds. The third kappa shape index (κ3) is 3.54. The van der Waals surface area contributed by atoms with Crippen LogP contribution >= 0.6 is 0 Å². The van der Waals surface area contributed by atoms with E-state index in [2.05, 4.69) is 12.7 Å². The van der Waals surface area contributed by atoms with Crippen LogP contribution in [0.5, 0.6) is 0 Å². The maximum Gasteiger partial charge on any atom is 0.139 e. The lowest BCUT2D eigenvalue weighted by molar-refractivity contribution is -0.122. The average Bonchev–Trinajstić information content (AvgIpc) is 2.00. The van der Waals surface area contributed by atoms with E-state index < -0.39 is 0 Å². The first kappa shape index (κ1) is 11.2. The minimum atomic E-state index is -0.365. The van der Waals surface area contributed by atoms with E-state index in [4.69, 9.17) is 0 Å². The summed E-state index contributed by atoms with van der Waals surface area (Å²) >= 11 is 0. The molecule has 1 heteroatoms. The van der Waals surface area contributed by atoms with Crippen LogP contribution in [0.25, 0.3) is 0 Å².